The van der Waals surface area contributed by atoms with Crippen molar-refractivity contribution < 1.29 is 13.9 Å². The Morgan fingerprint density at radius 2 is 2.00 bits per heavy atom. The van der Waals surface area contributed by atoms with E-state index in [1.807, 2.05) is 18.2 Å². The van der Waals surface area contributed by atoms with E-state index >= 15 is 0 Å². The van der Waals surface area contributed by atoms with Crippen LogP contribution in [0.5, 0.6) is 5.75 Å². The van der Waals surface area contributed by atoms with Crippen LogP contribution in [0.2, 0.25) is 0 Å². The molecule has 0 spiro atoms. The van der Waals surface area contributed by atoms with E-state index in [4.69, 9.17) is 9.72 Å². The highest BCUT2D eigenvalue weighted by Crippen LogP contribution is 2.45. The van der Waals surface area contributed by atoms with E-state index in [0.717, 1.165) is 51.8 Å². The number of ether oxygens (including phenoxy) is 1. The molecule has 1 aliphatic rings. The molecule has 1 aliphatic heterocycles. The van der Waals surface area contributed by atoms with Gasteiger partial charge in [0.25, 0.3) is 5.91 Å². The van der Waals surface area contributed by atoms with Gasteiger partial charge in [-0.15, -0.1) is 22.7 Å². The van der Waals surface area contributed by atoms with Crippen LogP contribution in [0.3, 0.4) is 0 Å². The minimum atomic E-state index is -0.485. The Balaban J connectivity index is 1.45. The molecule has 5 nitrogen and oxygen atoms in total. The minimum Gasteiger partial charge on any atom is -0.481 e. The number of carbonyl (C=O) groups is 1. The van der Waals surface area contributed by atoms with Gasteiger partial charge in [-0.25, -0.2) is 9.37 Å². The van der Waals surface area contributed by atoms with E-state index in [2.05, 4.69) is 23.2 Å². The van der Waals surface area contributed by atoms with Crippen molar-refractivity contribution in [1.82, 2.24) is 9.88 Å². The number of fused-ring (bicyclic) bond motifs is 2. The molecular formula is C24H22FN3O2S2. The van der Waals surface area contributed by atoms with Crippen molar-refractivity contribution in [2.24, 2.45) is 0 Å². The number of anilines is 1. The van der Waals surface area contributed by atoms with Crippen molar-refractivity contribution in [3.05, 3.63) is 64.8 Å². The maximum Gasteiger partial charge on any atom is 0.262 e. The van der Waals surface area contributed by atoms with Crippen LogP contribution in [0, 0.1) is 5.82 Å². The normalized spacial score (nSPS) is 13.8. The molecule has 1 amide bonds. The number of likely N-dealkylation sites (N-methyl/N-ethyl adjacent to an activating group) is 1. The number of para-hydroxylation sites is 2. The molecule has 0 saturated carbocycles. The third-order valence-electron chi connectivity index (χ3n) is 5.54. The fourth-order valence-electron chi connectivity index (χ4n) is 3.89. The quantitative estimate of drug-likeness (QED) is 0.403. The van der Waals surface area contributed by atoms with E-state index in [1.54, 1.807) is 34.8 Å². The number of amides is 1. The molecule has 0 aliphatic carbocycles. The van der Waals surface area contributed by atoms with Gasteiger partial charge >= 0.3 is 0 Å². The Bertz CT molecular complexity index is 1250. The lowest BCUT2D eigenvalue weighted by Crippen LogP contribution is -2.29. The summed E-state index contributed by atoms with van der Waals surface area (Å²) in [6.07, 6.45) is 0.923. The summed E-state index contributed by atoms with van der Waals surface area (Å²) in [4.78, 5) is 21.2. The number of nitrogens with one attached hydrogen (secondary N) is 1. The van der Waals surface area contributed by atoms with Crippen LogP contribution in [0.15, 0.2) is 48.5 Å². The van der Waals surface area contributed by atoms with Gasteiger partial charge in [0, 0.05) is 23.5 Å². The summed E-state index contributed by atoms with van der Waals surface area (Å²) >= 11 is 3.24. The topological polar surface area (TPSA) is 54.5 Å². The second-order valence-corrected chi connectivity index (χ2v) is 9.72. The molecule has 0 fully saturated rings. The molecule has 8 heteroatoms. The summed E-state index contributed by atoms with van der Waals surface area (Å²) in [5, 5.41) is 4.72. The molecule has 0 atom stereocenters. The Kier molecular flexibility index (Phi) is 5.91. The lowest BCUT2D eigenvalue weighted by Gasteiger charge is -2.25. The third kappa shape index (κ3) is 4.13. The number of benzene rings is 2. The molecule has 0 radical (unpaired) electrons. The second kappa shape index (κ2) is 8.97. The van der Waals surface area contributed by atoms with Crippen LogP contribution in [0.1, 0.15) is 17.4 Å². The summed E-state index contributed by atoms with van der Waals surface area (Å²) in [5.41, 5.74) is 3.24. The lowest BCUT2D eigenvalue weighted by molar-refractivity contribution is -0.118. The van der Waals surface area contributed by atoms with Crippen molar-refractivity contribution in [1.29, 1.82) is 0 Å². The first-order valence-electron chi connectivity index (χ1n) is 10.5. The van der Waals surface area contributed by atoms with E-state index in [-0.39, 0.29) is 18.3 Å². The van der Waals surface area contributed by atoms with Gasteiger partial charge < -0.3 is 10.1 Å². The van der Waals surface area contributed by atoms with Gasteiger partial charge in [-0.2, -0.15) is 0 Å². The van der Waals surface area contributed by atoms with Gasteiger partial charge in [0.2, 0.25) is 0 Å². The summed E-state index contributed by atoms with van der Waals surface area (Å²) < 4.78 is 20.3. The standard InChI is InChI=1S/C24H22FN3O2S2/c1-2-28-12-11-15-20(13-28)32-24(22(15)23-26-17-8-4-6-10-19(17)31-23)27-21(29)14-30-18-9-5-3-7-16(18)25/h3-10H,2,11-14H2,1H3,(H,27,29). The minimum absolute atomic E-state index is 0.0677. The highest BCUT2D eigenvalue weighted by atomic mass is 32.1. The highest BCUT2D eigenvalue weighted by Gasteiger charge is 2.27. The van der Waals surface area contributed by atoms with Crippen LogP contribution in [0.25, 0.3) is 20.8 Å². The Morgan fingerprint density at radius 1 is 1.19 bits per heavy atom. The highest BCUT2D eigenvalue weighted by molar-refractivity contribution is 7.22. The zero-order chi connectivity index (χ0) is 22.1. The fraction of sp³-hybridized carbons (Fsp3) is 0.250. The number of hydrogen-bond donors (Lipinski definition) is 1. The second-order valence-electron chi connectivity index (χ2n) is 7.58. The zero-order valence-electron chi connectivity index (χ0n) is 17.6. The van der Waals surface area contributed by atoms with E-state index in [1.165, 1.54) is 22.6 Å². The van der Waals surface area contributed by atoms with Crippen molar-refractivity contribution in [3.8, 4) is 16.3 Å². The Morgan fingerprint density at radius 3 is 2.81 bits per heavy atom. The molecule has 0 unspecified atom stereocenters. The number of carbonyl (C=O) groups excluding carboxylic acids is 1. The lowest BCUT2D eigenvalue weighted by atomic mass is 10.0. The van der Waals surface area contributed by atoms with Crippen LogP contribution < -0.4 is 10.1 Å². The number of rotatable bonds is 6. The van der Waals surface area contributed by atoms with Gasteiger partial charge in [0.15, 0.2) is 18.2 Å². The smallest absolute Gasteiger partial charge is 0.262 e. The van der Waals surface area contributed by atoms with Gasteiger partial charge in [0.05, 0.1) is 10.2 Å². The molecule has 2 aromatic carbocycles. The van der Waals surface area contributed by atoms with Crippen molar-refractivity contribution >= 4 is 43.8 Å². The number of hydrogen-bond acceptors (Lipinski definition) is 6. The predicted molar refractivity (Wildman–Crippen MR) is 128 cm³/mol. The van der Waals surface area contributed by atoms with Gasteiger partial charge in [-0.1, -0.05) is 31.2 Å². The molecule has 2 aromatic heterocycles. The first-order chi connectivity index (χ1) is 15.6. The van der Waals surface area contributed by atoms with Crippen LogP contribution in [0.4, 0.5) is 9.39 Å². The van der Waals surface area contributed by atoms with Crippen molar-refractivity contribution in [3.63, 3.8) is 0 Å². The SMILES string of the molecule is CCN1CCc2c(sc(NC(=O)COc3ccccc3F)c2-c2nc3ccccc3s2)C1. The predicted octanol–water partition coefficient (Wildman–Crippen LogP) is 5.56. The number of thiophene rings is 1. The molecule has 164 valence electrons. The number of aromatic nitrogens is 1. The maximum atomic E-state index is 13.8. The van der Waals surface area contributed by atoms with Gasteiger partial charge in [-0.3, -0.25) is 9.69 Å². The average Bonchev–Trinajstić information content (AvgIpc) is 3.38. The van der Waals surface area contributed by atoms with Crippen molar-refractivity contribution in [2.75, 3.05) is 25.0 Å². The molecular weight excluding hydrogens is 445 g/mol. The monoisotopic (exact) mass is 467 g/mol. The number of halogens is 1. The van der Waals surface area contributed by atoms with Crippen molar-refractivity contribution in [2.45, 2.75) is 19.9 Å². The number of thiazole rings is 1. The van der Waals surface area contributed by atoms with Gasteiger partial charge in [-0.05, 0) is 42.8 Å². The molecule has 1 N–H and O–H groups in total. The maximum absolute atomic E-state index is 13.8. The van der Waals surface area contributed by atoms with Crippen LogP contribution in [-0.4, -0.2) is 35.5 Å². The van der Waals surface area contributed by atoms with E-state index < -0.39 is 5.82 Å². The third-order valence-corrected chi connectivity index (χ3v) is 7.73. The summed E-state index contributed by atoms with van der Waals surface area (Å²) in [7, 11) is 0. The molecule has 32 heavy (non-hydrogen) atoms. The molecule has 4 aromatic rings. The molecule has 0 saturated heterocycles. The Labute approximate surface area is 193 Å². The first-order valence-corrected chi connectivity index (χ1v) is 12.2. The van der Waals surface area contributed by atoms with E-state index in [9.17, 15) is 9.18 Å². The van der Waals surface area contributed by atoms with Gasteiger partial charge in [0.1, 0.15) is 10.0 Å². The summed E-state index contributed by atoms with van der Waals surface area (Å²) in [6, 6.07) is 14.1. The van der Waals surface area contributed by atoms with E-state index in [0.29, 0.717) is 0 Å². The zero-order valence-corrected chi connectivity index (χ0v) is 19.2. The summed E-state index contributed by atoms with van der Waals surface area (Å²) in [6.45, 7) is 4.75. The molecule has 3 heterocycles. The molecule has 5 rings (SSSR count). The number of nitrogens with zero attached hydrogens (tertiary/aromatic N) is 2. The largest absolute Gasteiger partial charge is 0.481 e. The fourth-order valence-corrected chi connectivity index (χ4v) is 6.30. The van der Waals surface area contributed by atoms with Crippen LogP contribution >= 0.6 is 22.7 Å². The summed E-state index contributed by atoms with van der Waals surface area (Å²) in [5.74, 6) is -0.735. The van der Waals surface area contributed by atoms with Crippen LogP contribution in [-0.2, 0) is 17.8 Å². The Hall–Kier alpha value is -2.81. The first kappa shape index (κ1) is 21.1. The average molecular weight is 468 g/mol. The molecule has 0 bridgehead atoms.